The number of hydrogen-bond acceptors (Lipinski definition) is 2. The van der Waals surface area contributed by atoms with Gasteiger partial charge in [0.2, 0.25) is 0 Å². The molecule has 2 heteroatoms. The van der Waals surface area contributed by atoms with E-state index >= 15 is 0 Å². The van der Waals surface area contributed by atoms with Gasteiger partial charge in [-0.05, 0) is 36.1 Å². The van der Waals surface area contributed by atoms with Gasteiger partial charge in [0.1, 0.15) is 5.75 Å². The molecule has 1 heterocycles. The van der Waals surface area contributed by atoms with Crippen molar-refractivity contribution >= 4 is 0 Å². The zero-order valence-corrected chi connectivity index (χ0v) is 11.4. The molecule has 2 nitrogen and oxygen atoms in total. The number of aryl methyl sites for hydroxylation is 1. The molecular weight excluding hydrogens is 234 g/mol. The molecule has 0 amide bonds. The predicted molar refractivity (Wildman–Crippen MR) is 77.7 cm³/mol. The average molecular weight is 253 g/mol. The molecule has 0 radical (unpaired) electrons. The molecule has 0 aliphatic carbocycles. The smallest absolute Gasteiger partial charge is 0.124 e. The van der Waals surface area contributed by atoms with Gasteiger partial charge in [0.15, 0.2) is 0 Å². The molecule has 0 spiro atoms. The van der Waals surface area contributed by atoms with Gasteiger partial charge in [0.05, 0.1) is 13.2 Å². The van der Waals surface area contributed by atoms with Crippen LogP contribution in [0.4, 0.5) is 0 Å². The van der Waals surface area contributed by atoms with Gasteiger partial charge in [-0.1, -0.05) is 36.4 Å². The monoisotopic (exact) mass is 253 g/mol. The molecule has 1 aliphatic heterocycles. The molecule has 0 fully saturated rings. The molecule has 1 aliphatic rings. The number of benzene rings is 2. The van der Waals surface area contributed by atoms with Gasteiger partial charge in [-0.15, -0.1) is 0 Å². The first-order chi connectivity index (χ1) is 9.31. The second kappa shape index (κ2) is 5.06. The lowest BCUT2D eigenvalue weighted by Crippen LogP contribution is -2.31. The minimum Gasteiger partial charge on any atom is -0.496 e. The molecule has 0 aromatic heterocycles. The standard InChI is InChI=1S/C17H19NO/c1-12-6-5-9-15(19-2)16(12)17-14-8-4-3-7-13(14)10-11-18-17/h3-9,17-18H,10-11H2,1-2H3. The average Bonchev–Trinajstić information content (AvgIpc) is 2.46. The number of fused-ring (bicyclic) bond motifs is 1. The Kier molecular flexibility index (Phi) is 3.26. The fourth-order valence-electron chi connectivity index (χ4n) is 2.96. The molecule has 3 rings (SSSR count). The van der Waals surface area contributed by atoms with Crippen molar-refractivity contribution in [1.29, 1.82) is 0 Å². The minimum absolute atomic E-state index is 0.237. The maximum Gasteiger partial charge on any atom is 0.124 e. The summed E-state index contributed by atoms with van der Waals surface area (Å²) in [6.07, 6.45) is 1.10. The number of hydrogen-bond donors (Lipinski definition) is 1. The summed E-state index contributed by atoms with van der Waals surface area (Å²) in [7, 11) is 1.74. The lowest BCUT2D eigenvalue weighted by atomic mass is 9.87. The van der Waals surface area contributed by atoms with E-state index in [0.29, 0.717) is 0 Å². The molecule has 0 saturated heterocycles. The van der Waals surface area contributed by atoms with Crippen molar-refractivity contribution in [3.63, 3.8) is 0 Å². The van der Waals surface area contributed by atoms with E-state index in [1.54, 1.807) is 7.11 Å². The van der Waals surface area contributed by atoms with Crippen molar-refractivity contribution in [2.24, 2.45) is 0 Å². The molecule has 0 saturated carbocycles. The molecular formula is C17H19NO. The molecule has 2 aromatic carbocycles. The predicted octanol–water partition coefficient (Wildman–Crippen LogP) is 3.24. The van der Waals surface area contributed by atoms with E-state index in [9.17, 15) is 0 Å². The SMILES string of the molecule is COc1cccc(C)c1C1NCCc2ccccc21. The van der Waals surface area contributed by atoms with Gasteiger partial charge in [-0.3, -0.25) is 0 Å². The van der Waals surface area contributed by atoms with Crippen molar-refractivity contribution in [3.05, 3.63) is 64.7 Å². The Hall–Kier alpha value is -1.80. The maximum absolute atomic E-state index is 5.55. The Morgan fingerprint density at radius 1 is 1.11 bits per heavy atom. The molecule has 98 valence electrons. The number of rotatable bonds is 2. The summed E-state index contributed by atoms with van der Waals surface area (Å²) in [4.78, 5) is 0. The summed E-state index contributed by atoms with van der Waals surface area (Å²) < 4.78 is 5.55. The zero-order valence-electron chi connectivity index (χ0n) is 11.4. The van der Waals surface area contributed by atoms with Crippen LogP contribution in [0.25, 0.3) is 0 Å². The minimum atomic E-state index is 0.237. The van der Waals surface area contributed by atoms with E-state index in [1.165, 1.54) is 22.3 Å². The lowest BCUT2D eigenvalue weighted by Gasteiger charge is -2.29. The van der Waals surface area contributed by atoms with Crippen LogP contribution in [0.15, 0.2) is 42.5 Å². The first-order valence-corrected chi connectivity index (χ1v) is 6.76. The number of nitrogens with one attached hydrogen (secondary N) is 1. The van der Waals surface area contributed by atoms with E-state index in [1.807, 2.05) is 12.1 Å². The third kappa shape index (κ3) is 2.13. The van der Waals surface area contributed by atoms with Crippen LogP contribution in [-0.4, -0.2) is 13.7 Å². The Balaban J connectivity index is 2.14. The molecule has 19 heavy (non-hydrogen) atoms. The van der Waals surface area contributed by atoms with Crippen LogP contribution in [-0.2, 0) is 6.42 Å². The van der Waals surface area contributed by atoms with Crippen LogP contribution >= 0.6 is 0 Å². The van der Waals surface area contributed by atoms with E-state index in [2.05, 4.69) is 42.6 Å². The van der Waals surface area contributed by atoms with Gasteiger partial charge >= 0.3 is 0 Å². The van der Waals surface area contributed by atoms with Crippen LogP contribution in [0.2, 0.25) is 0 Å². The summed E-state index contributed by atoms with van der Waals surface area (Å²) >= 11 is 0. The number of methoxy groups -OCH3 is 1. The molecule has 1 N–H and O–H groups in total. The Bertz CT molecular complexity index is 592. The summed E-state index contributed by atoms with van der Waals surface area (Å²) in [6.45, 7) is 3.16. The fraction of sp³-hybridized carbons (Fsp3) is 0.294. The number of ether oxygens (including phenoxy) is 1. The van der Waals surface area contributed by atoms with Crippen molar-refractivity contribution in [1.82, 2.24) is 5.32 Å². The molecule has 0 bridgehead atoms. The third-order valence-corrected chi connectivity index (χ3v) is 3.90. The van der Waals surface area contributed by atoms with Crippen LogP contribution < -0.4 is 10.1 Å². The third-order valence-electron chi connectivity index (χ3n) is 3.90. The van der Waals surface area contributed by atoms with E-state index in [-0.39, 0.29) is 6.04 Å². The Labute approximate surface area is 114 Å². The highest BCUT2D eigenvalue weighted by Crippen LogP contribution is 2.35. The first-order valence-electron chi connectivity index (χ1n) is 6.76. The van der Waals surface area contributed by atoms with Crippen LogP contribution in [0.5, 0.6) is 5.75 Å². The Morgan fingerprint density at radius 2 is 1.95 bits per heavy atom. The summed E-state index contributed by atoms with van der Waals surface area (Å²) in [5.74, 6) is 0.967. The molecule has 2 aromatic rings. The topological polar surface area (TPSA) is 21.3 Å². The van der Waals surface area contributed by atoms with Gasteiger partial charge in [0, 0.05) is 12.1 Å². The van der Waals surface area contributed by atoms with Crippen molar-refractivity contribution in [2.75, 3.05) is 13.7 Å². The molecule has 1 unspecified atom stereocenters. The van der Waals surface area contributed by atoms with E-state index in [4.69, 9.17) is 4.74 Å². The van der Waals surface area contributed by atoms with Crippen LogP contribution in [0, 0.1) is 6.92 Å². The van der Waals surface area contributed by atoms with Crippen molar-refractivity contribution in [2.45, 2.75) is 19.4 Å². The van der Waals surface area contributed by atoms with Crippen molar-refractivity contribution < 1.29 is 4.74 Å². The van der Waals surface area contributed by atoms with Gasteiger partial charge in [0.25, 0.3) is 0 Å². The highest BCUT2D eigenvalue weighted by Gasteiger charge is 2.24. The summed E-state index contributed by atoms with van der Waals surface area (Å²) in [5, 5.41) is 3.63. The van der Waals surface area contributed by atoms with Crippen LogP contribution in [0.3, 0.4) is 0 Å². The van der Waals surface area contributed by atoms with Gasteiger partial charge in [-0.2, -0.15) is 0 Å². The van der Waals surface area contributed by atoms with Gasteiger partial charge < -0.3 is 10.1 Å². The first kappa shape index (κ1) is 12.2. The summed E-state index contributed by atoms with van der Waals surface area (Å²) in [6, 6.07) is 15.2. The largest absolute Gasteiger partial charge is 0.496 e. The highest BCUT2D eigenvalue weighted by atomic mass is 16.5. The van der Waals surface area contributed by atoms with Crippen molar-refractivity contribution in [3.8, 4) is 5.75 Å². The second-order valence-electron chi connectivity index (χ2n) is 5.03. The quantitative estimate of drug-likeness (QED) is 0.887. The second-order valence-corrected chi connectivity index (χ2v) is 5.03. The maximum atomic E-state index is 5.55. The summed E-state index contributed by atoms with van der Waals surface area (Å²) in [5.41, 5.74) is 5.35. The van der Waals surface area contributed by atoms with Gasteiger partial charge in [-0.25, -0.2) is 0 Å². The highest BCUT2D eigenvalue weighted by molar-refractivity contribution is 5.49. The zero-order chi connectivity index (χ0) is 13.2. The fourth-order valence-corrected chi connectivity index (χ4v) is 2.96. The Morgan fingerprint density at radius 3 is 2.79 bits per heavy atom. The normalized spacial score (nSPS) is 17.9. The van der Waals surface area contributed by atoms with E-state index in [0.717, 1.165) is 18.7 Å². The molecule has 1 atom stereocenters. The lowest BCUT2D eigenvalue weighted by molar-refractivity contribution is 0.402. The van der Waals surface area contributed by atoms with E-state index < -0.39 is 0 Å². The van der Waals surface area contributed by atoms with Crippen LogP contribution in [0.1, 0.15) is 28.3 Å².